The Balaban J connectivity index is 1.86. The normalized spacial score (nSPS) is 12.2. The Morgan fingerprint density at radius 1 is 1.42 bits per heavy atom. The van der Waals surface area contributed by atoms with Gasteiger partial charge in [-0.05, 0) is 50.1 Å². The van der Waals surface area contributed by atoms with Crippen LogP contribution in [0.15, 0.2) is 42.7 Å². The number of benzene rings is 1. The summed E-state index contributed by atoms with van der Waals surface area (Å²) in [6, 6.07) is 10.6. The quantitative estimate of drug-likeness (QED) is 0.847. The molecule has 1 N–H and O–H groups in total. The molecular formula is C18H22N4O2. The van der Waals surface area contributed by atoms with Crippen LogP contribution in [0.1, 0.15) is 26.3 Å². The maximum absolute atomic E-state index is 12.4. The molecule has 0 fully saturated rings. The highest BCUT2D eigenvalue weighted by molar-refractivity contribution is 5.84. The number of rotatable bonds is 7. The zero-order chi connectivity index (χ0) is 17.6. The van der Waals surface area contributed by atoms with E-state index < -0.39 is 5.60 Å². The average Bonchev–Trinajstić information content (AvgIpc) is 3.05. The third kappa shape index (κ3) is 4.85. The van der Waals surface area contributed by atoms with Crippen LogP contribution >= 0.6 is 0 Å². The standard InChI is InChI=1S/C18H22N4O2/c1-14(13-22-10-4-9-21-22)12-20-17(23)18(2,3)24-16-7-5-15(11-19)6-8-16/h4-10,14H,12-13H2,1-3H3,(H,20,23)/t14-/m0/s1. The number of carbonyl (C=O) groups excluding carboxylic acids is 1. The van der Waals surface area contributed by atoms with Crippen LogP contribution in [0.4, 0.5) is 0 Å². The van der Waals surface area contributed by atoms with Crippen LogP contribution < -0.4 is 10.1 Å². The van der Waals surface area contributed by atoms with E-state index in [1.165, 1.54) is 0 Å². The SMILES string of the molecule is C[C@@H](CNC(=O)C(C)(C)Oc1ccc(C#N)cc1)Cn1cccn1. The highest BCUT2D eigenvalue weighted by Crippen LogP contribution is 2.19. The number of carbonyl (C=O) groups is 1. The first-order valence-electron chi connectivity index (χ1n) is 7.85. The summed E-state index contributed by atoms with van der Waals surface area (Å²) >= 11 is 0. The number of nitriles is 1. The minimum Gasteiger partial charge on any atom is -0.478 e. The molecule has 1 aromatic heterocycles. The number of ether oxygens (including phenoxy) is 1. The molecule has 1 aromatic carbocycles. The minimum absolute atomic E-state index is 0.181. The lowest BCUT2D eigenvalue weighted by atomic mass is 10.1. The van der Waals surface area contributed by atoms with Crippen molar-refractivity contribution in [3.8, 4) is 11.8 Å². The van der Waals surface area contributed by atoms with Gasteiger partial charge in [-0.25, -0.2) is 0 Å². The van der Waals surface area contributed by atoms with E-state index in [1.54, 1.807) is 44.3 Å². The number of hydrogen-bond acceptors (Lipinski definition) is 4. The van der Waals surface area contributed by atoms with Crippen LogP contribution in [-0.2, 0) is 11.3 Å². The largest absolute Gasteiger partial charge is 0.478 e. The Bertz CT molecular complexity index is 700. The first kappa shape index (κ1) is 17.5. The van der Waals surface area contributed by atoms with Gasteiger partial charge in [0.05, 0.1) is 11.6 Å². The molecule has 0 radical (unpaired) electrons. The monoisotopic (exact) mass is 326 g/mol. The van der Waals surface area contributed by atoms with Gasteiger partial charge in [0.1, 0.15) is 5.75 Å². The second-order valence-corrected chi connectivity index (χ2v) is 6.29. The third-order valence-electron chi connectivity index (χ3n) is 3.57. The molecule has 0 aliphatic heterocycles. The molecule has 0 aliphatic carbocycles. The molecule has 2 rings (SSSR count). The Morgan fingerprint density at radius 3 is 2.71 bits per heavy atom. The zero-order valence-corrected chi connectivity index (χ0v) is 14.2. The summed E-state index contributed by atoms with van der Waals surface area (Å²) in [5.41, 5.74) is -0.448. The molecule has 126 valence electrons. The fourth-order valence-corrected chi connectivity index (χ4v) is 2.21. The van der Waals surface area contributed by atoms with Crippen molar-refractivity contribution in [1.82, 2.24) is 15.1 Å². The summed E-state index contributed by atoms with van der Waals surface area (Å²) in [5.74, 6) is 0.623. The summed E-state index contributed by atoms with van der Waals surface area (Å²) in [7, 11) is 0. The summed E-state index contributed by atoms with van der Waals surface area (Å²) in [5, 5.41) is 15.9. The van der Waals surface area contributed by atoms with Gasteiger partial charge in [-0.3, -0.25) is 9.48 Å². The molecule has 0 aliphatic rings. The number of aromatic nitrogens is 2. The number of hydrogen-bond donors (Lipinski definition) is 1. The van der Waals surface area contributed by atoms with E-state index in [0.717, 1.165) is 6.54 Å². The zero-order valence-electron chi connectivity index (χ0n) is 14.2. The number of nitrogens with zero attached hydrogens (tertiary/aromatic N) is 3. The van der Waals surface area contributed by atoms with Crippen LogP contribution in [0.3, 0.4) is 0 Å². The molecule has 24 heavy (non-hydrogen) atoms. The summed E-state index contributed by atoms with van der Waals surface area (Å²) in [6.45, 7) is 6.77. The van der Waals surface area contributed by atoms with Crippen LogP contribution in [0.25, 0.3) is 0 Å². The lowest BCUT2D eigenvalue weighted by Gasteiger charge is -2.26. The molecule has 2 aromatic rings. The van der Waals surface area contributed by atoms with E-state index in [-0.39, 0.29) is 11.8 Å². The van der Waals surface area contributed by atoms with Gasteiger partial charge in [-0.1, -0.05) is 6.92 Å². The molecule has 1 atom stereocenters. The average molecular weight is 326 g/mol. The molecule has 0 saturated heterocycles. The first-order valence-corrected chi connectivity index (χ1v) is 7.85. The van der Waals surface area contributed by atoms with Crippen LogP contribution in [0.2, 0.25) is 0 Å². The van der Waals surface area contributed by atoms with Crippen molar-refractivity contribution < 1.29 is 9.53 Å². The summed E-state index contributed by atoms with van der Waals surface area (Å²) in [4.78, 5) is 12.4. The third-order valence-corrected chi connectivity index (χ3v) is 3.57. The van der Waals surface area contributed by atoms with Crippen molar-refractivity contribution in [3.63, 3.8) is 0 Å². The molecule has 0 bridgehead atoms. The fourth-order valence-electron chi connectivity index (χ4n) is 2.21. The lowest BCUT2D eigenvalue weighted by molar-refractivity contribution is -0.134. The minimum atomic E-state index is -1.00. The van der Waals surface area contributed by atoms with Gasteiger partial charge in [-0.2, -0.15) is 10.4 Å². The summed E-state index contributed by atoms with van der Waals surface area (Å²) in [6.07, 6.45) is 3.64. The highest BCUT2D eigenvalue weighted by atomic mass is 16.5. The van der Waals surface area contributed by atoms with E-state index in [4.69, 9.17) is 10.00 Å². The van der Waals surface area contributed by atoms with Crippen LogP contribution in [0.5, 0.6) is 5.75 Å². The fraction of sp³-hybridized carbons (Fsp3) is 0.389. The first-order chi connectivity index (χ1) is 11.4. The van der Waals surface area contributed by atoms with Crippen molar-refractivity contribution in [2.75, 3.05) is 6.54 Å². The van der Waals surface area contributed by atoms with Gasteiger partial charge < -0.3 is 10.1 Å². The van der Waals surface area contributed by atoms with Crippen molar-refractivity contribution in [2.45, 2.75) is 32.9 Å². The lowest BCUT2D eigenvalue weighted by Crippen LogP contribution is -2.47. The van der Waals surface area contributed by atoms with Gasteiger partial charge in [0, 0.05) is 25.5 Å². The van der Waals surface area contributed by atoms with Crippen molar-refractivity contribution in [1.29, 1.82) is 5.26 Å². The topological polar surface area (TPSA) is 79.9 Å². The second kappa shape index (κ2) is 7.64. The maximum atomic E-state index is 12.4. The maximum Gasteiger partial charge on any atom is 0.263 e. The van der Waals surface area contributed by atoms with Gasteiger partial charge in [0.2, 0.25) is 0 Å². The molecular weight excluding hydrogens is 304 g/mol. The van der Waals surface area contributed by atoms with Gasteiger partial charge in [-0.15, -0.1) is 0 Å². The van der Waals surface area contributed by atoms with Crippen molar-refractivity contribution >= 4 is 5.91 Å². The highest BCUT2D eigenvalue weighted by Gasteiger charge is 2.30. The Morgan fingerprint density at radius 2 is 2.12 bits per heavy atom. The molecule has 1 amide bonds. The molecule has 0 spiro atoms. The van der Waals surface area contributed by atoms with E-state index in [9.17, 15) is 4.79 Å². The smallest absolute Gasteiger partial charge is 0.263 e. The Labute approximate surface area is 142 Å². The van der Waals surface area contributed by atoms with Crippen LogP contribution in [0, 0.1) is 17.2 Å². The predicted octanol–water partition coefficient (Wildman–Crippen LogP) is 2.36. The number of amides is 1. The Hall–Kier alpha value is -2.81. The Kier molecular flexibility index (Phi) is 5.59. The van der Waals surface area contributed by atoms with E-state index >= 15 is 0 Å². The molecule has 0 unspecified atom stereocenters. The molecule has 0 saturated carbocycles. The van der Waals surface area contributed by atoms with E-state index in [2.05, 4.69) is 17.3 Å². The molecule has 6 heteroatoms. The molecule has 6 nitrogen and oxygen atoms in total. The molecule has 1 heterocycles. The van der Waals surface area contributed by atoms with Crippen molar-refractivity contribution in [3.05, 3.63) is 48.3 Å². The van der Waals surface area contributed by atoms with E-state index in [0.29, 0.717) is 17.9 Å². The van der Waals surface area contributed by atoms with Crippen LogP contribution in [-0.4, -0.2) is 27.8 Å². The van der Waals surface area contributed by atoms with Gasteiger partial charge in [0.25, 0.3) is 5.91 Å². The number of nitrogens with one attached hydrogen (secondary N) is 1. The predicted molar refractivity (Wildman–Crippen MR) is 90.3 cm³/mol. The second-order valence-electron chi connectivity index (χ2n) is 6.29. The van der Waals surface area contributed by atoms with Gasteiger partial charge >= 0.3 is 0 Å². The summed E-state index contributed by atoms with van der Waals surface area (Å²) < 4.78 is 7.60. The van der Waals surface area contributed by atoms with Crippen molar-refractivity contribution in [2.24, 2.45) is 5.92 Å². The van der Waals surface area contributed by atoms with Gasteiger partial charge in [0.15, 0.2) is 5.60 Å². The van der Waals surface area contributed by atoms with E-state index in [1.807, 2.05) is 23.0 Å².